The second-order valence-corrected chi connectivity index (χ2v) is 4.27. The van der Waals surface area contributed by atoms with Crippen LogP contribution in [0.1, 0.15) is 11.6 Å². The molecular weight excluding hydrogens is 220 g/mol. The predicted octanol–water partition coefficient (Wildman–Crippen LogP) is 0.0364. The maximum atomic E-state index is 9.49. The lowest BCUT2D eigenvalue weighted by Crippen LogP contribution is -2.46. The second-order valence-electron chi connectivity index (χ2n) is 4.27. The molecule has 5 nitrogen and oxygen atoms in total. The van der Waals surface area contributed by atoms with Crippen molar-refractivity contribution in [1.29, 1.82) is 0 Å². The van der Waals surface area contributed by atoms with Gasteiger partial charge in [0.05, 0.1) is 12.6 Å². The summed E-state index contributed by atoms with van der Waals surface area (Å²) in [5, 5.41) is 31.7. The van der Waals surface area contributed by atoms with Crippen LogP contribution in [0.2, 0.25) is 0 Å². The van der Waals surface area contributed by atoms with Gasteiger partial charge in [0, 0.05) is 32.2 Å². The topological polar surface area (TPSA) is 76.0 Å². The van der Waals surface area contributed by atoms with E-state index in [1.165, 1.54) is 6.07 Å². The van der Waals surface area contributed by atoms with Crippen molar-refractivity contribution in [2.24, 2.45) is 0 Å². The van der Waals surface area contributed by atoms with Crippen molar-refractivity contribution >= 4 is 0 Å². The Bertz CT molecular complexity index is 358. The van der Waals surface area contributed by atoms with Crippen LogP contribution in [0.3, 0.4) is 0 Å². The molecule has 17 heavy (non-hydrogen) atoms. The molecule has 0 amide bonds. The highest BCUT2D eigenvalue weighted by molar-refractivity contribution is 5.38. The number of piperazine rings is 1. The molecule has 0 radical (unpaired) electrons. The van der Waals surface area contributed by atoms with Gasteiger partial charge in [0.15, 0.2) is 0 Å². The van der Waals surface area contributed by atoms with Gasteiger partial charge in [-0.1, -0.05) is 0 Å². The molecule has 1 fully saturated rings. The van der Waals surface area contributed by atoms with E-state index in [0.717, 1.165) is 31.7 Å². The zero-order valence-electron chi connectivity index (χ0n) is 9.63. The summed E-state index contributed by atoms with van der Waals surface area (Å²) in [6.07, 6.45) is 0. The van der Waals surface area contributed by atoms with E-state index in [-0.39, 0.29) is 24.1 Å². The van der Waals surface area contributed by atoms with Crippen molar-refractivity contribution in [3.05, 3.63) is 23.8 Å². The standard InChI is InChI=1S/C12H18N2O3/c15-8-12(14-3-1-13-2-4-14)9-5-10(16)7-11(17)6-9/h5-7,12-13,15-17H,1-4,8H2/t12-/m1/s1. The van der Waals surface area contributed by atoms with Crippen LogP contribution in [0.25, 0.3) is 0 Å². The molecule has 0 spiro atoms. The number of phenols is 2. The van der Waals surface area contributed by atoms with Crippen LogP contribution in [0.15, 0.2) is 18.2 Å². The number of aliphatic hydroxyl groups is 1. The molecule has 1 atom stereocenters. The van der Waals surface area contributed by atoms with Gasteiger partial charge in [-0.3, -0.25) is 4.90 Å². The minimum atomic E-state index is -0.171. The highest BCUT2D eigenvalue weighted by atomic mass is 16.3. The Labute approximate surface area is 100 Å². The van der Waals surface area contributed by atoms with Crippen molar-refractivity contribution in [3.8, 4) is 11.5 Å². The Morgan fingerprint density at radius 2 is 1.71 bits per heavy atom. The van der Waals surface area contributed by atoms with Crippen LogP contribution in [0.5, 0.6) is 11.5 Å². The second kappa shape index (κ2) is 5.35. The molecule has 1 aliphatic heterocycles. The third-order valence-corrected chi connectivity index (χ3v) is 3.07. The number of nitrogens with one attached hydrogen (secondary N) is 1. The van der Waals surface area contributed by atoms with Crippen molar-refractivity contribution in [2.75, 3.05) is 32.8 Å². The Balaban J connectivity index is 2.21. The maximum Gasteiger partial charge on any atom is 0.119 e. The molecule has 1 saturated heterocycles. The van der Waals surface area contributed by atoms with Crippen molar-refractivity contribution in [3.63, 3.8) is 0 Å². The molecule has 1 aliphatic rings. The number of nitrogens with zero attached hydrogens (tertiary/aromatic N) is 1. The zero-order valence-corrected chi connectivity index (χ0v) is 9.63. The zero-order chi connectivity index (χ0) is 12.3. The highest BCUT2D eigenvalue weighted by Gasteiger charge is 2.22. The molecule has 94 valence electrons. The van der Waals surface area contributed by atoms with Gasteiger partial charge in [-0.2, -0.15) is 0 Å². The number of hydrogen-bond donors (Lipinski definition) is 4. The summed E-state index contributed by atoms with van der Waals surface area (Å²) in [4.78, 5) is 2.14. The lowest BCUT2D eigenvalue weighted by molar-refractivity contribution is 0.110. The van der Waals surface area contributed by atoms with Gasteiger partial charge in [0.25, 0.3) is 0 Å². The summed E-state index contributed by atoms with van der Waals surface area (Å²) < 4.78 is 0. The minimum absolute atomic E-state index is 0.0218. The molecule has 0 unspecified atom stereocenters. The Kier molecular flexibility index (Phi) is 3.83. The largest absolute Gasteiger partial charge is 0.508 e. The summed E-state index contributed by atoms with van der Waals surface area (Å²) >= 11 is 0. The molecule has 1 aromatic carbocycles. The van der Waals surface area contributed by atoms with Crippen LogP contribution in [-0.2, 0) is 0 Å². The molecule has 1 heterocycles. The monoisotopic (exact) mass is 238 g/mol. The molecule has 0 bridgehead atoms. The fourth-order valence-corrected chi connectivity index (χ4v) is 2.24. The third-order valence-electron chi connectivity index (χ3n) is 3.07. The Hall–Kier alpha value is -1.30. The molecule has 0 saturated carbocycles. The van der Waals surface area contributed by atoms with Crippen LogP contribution >= 0.6 is 0 Å². The lowest BCUT2D eigenvalue weighted by atomic mass is 10.0. The molecular formula is C12H18N2O3. The van der Waals surface area contributed by atoms with Crippen LogP contribution in [0, 0.1) is 0 Å². The fourth-order valence-electron chi connectivity index (χ4n) is 2.24. The van der Waals surface area contributed by atoms with Crippen molar-refractivity contribution < 1.29 is 15.3 Å². The molecule has 0 aromatic heterocycles. The quantitative estimate of drug-likeness (QED) is 0.598. The van der Waals surface area contributed by atoms with Gasteiger partial charge in [0.2, 0.25) is 0 Å². The van der Waals surface area contributed by atoms with Crippen molar-refractivity contribution in [2.45, 2.75) is 6.04 Å². The van der Waals surface area contributed by atoms with E-state index in [2.05, 4.69) is 10.2 Å². The van der Waals surface area contributed by atoms with Gasteiger partial charge in [-0.15, -0.1) is 0 Å². The van der Waals surface area contributed by atoms with Gasteiger partial charge >= 0.3 is 0 Å². The molecule has 1 aromatic rings. The number of aliphatic hydroxyl groups excluding tert-OH is 1. The van der Waals surface area contributed by atoms with Gasteiger partial charge in [-0.05, 0) is 17.7 Å². The van der Waals surface area contributed by atoms with Gasteiger partial charge < -0.3 is 20.6 Å². The minimum Gasteiger partial charge on any atom is -0.508 e. The summed E-state index contributed by atoms with van der Waals surface area (Å²) in [6.45, 7) is 3.45. The van der Waals surface area contributed by atoms with Crippen LogP contribution in [0.4, 0.5) is 0 Å². The number of phenolic OH excluding ortho intramolecular Hbond substituents is 2. The highest BCUT2D eigenvalue weighted by Crippen LogP contribution is 2.28. The smallest absolute Gasteiger partial charge is 0.119 e. The first-order valence-corrected chi connectivity index (χ1v) is 5.79. The number of hydrogen-bond acceptors (Lipinski definition) is 5. The number of benzene rings is 1. The van der Waals surface area contributed by atoms with Crippen LogP contribution < -0.4 is 5.32 Å². The molecule has 2 rings (SSSR count). The van der Waals surface area contributed by atoms with E-state index < -0.39 is 0 Å². The normalized spacial score (nSPS) is 19.1. The van der Waals surface area contributed by atoms with E-state index >= 15 is 0 Å². The fraction of sp³-hybridized carbons (Fsp3) is 0.500. The van der Waals surface area contributed by atoms with Gasteiger partial charge in [0.1, 0.15) is 11.5 Å². The number of rotatable bonds is 3. The first-order chi connectivity index (χ1) is 8.20. The summed E-state index contributed by atoms with van der Waals surface area (Å²) in [5.41, 5.74) is 0.743. The van der Waals surface area contributed by atoms with E-state index in [0.29, 0.717) is 0 Å². The summed E-state index contributed by atoms with van der Waals surface area (Å²) in [6, 6.07) is 4.29. The first kappa shape index (κ1) is 12.2. The molecule has 0 aliphatic carbocycles. The molecule has 5 heteroatoms. The third kappa shape index (κ3) is 2.88. The van der Waals surface area contributed by atoms with E-state index in [9.17, 15) is 15.3 Å². The maximum absolute atomic E-state index is 9.49. The number of aromatic hydroxyl groups is 2. The Morgan fingerprint density at radius 3 is 2.24 bits per heavy atom. The lowest BCUT2D eigenvalue weighted by Gasteiger charge is -2.34. The van der Waals surface area contributed by atoms with E-state index in [1.54, 1.807) is 12.1 Å². The first-order valence-electron chi connectivity index (χ1n) is 5.79. The van der Waals surface area contributed by atoms with Gasteiger partial charge in [-0.25, -0.2) is 0 Å². The van der Waals surface area contributed by atoms with Crippen molar-refractivity contribution in [1.82, 2.24) is 10.2 Å². The van der Waals surface area contributed by atoms with E-state index in [1.807, 2.05) is 0 Å². The average Bonchev–Trinajstić information content (AvgIpc) is 2.30. The average molecular weight is 238 g/mol. The molecule has 4 N–H and O–H groups in total. The Morgan fingerprint density at radius 1 is 1.12 bits per heavy atom. The summed E-state index contributed by atoms with van der Waals surface area (Å²) in [7, 11) is 0. The predicted molar refractivity (Wildman–Crippen MR) is 64.0 cm³/mol. The van der Waals surface area contributed by atoms with E-state index in [4.69, 9.17) is 0 Å². The van der Waals surface area contributed by atoms with Crippen LogP contribution in [-0.4, -0.2) is 53.0 Å². The summed E-state index contributed by atoms with van der Waals surface area (Å²) in [5.74, 6) is 0.0437. The SMILES string of the molecule is OC[C@H](c1cc(O)cc(O)c1)N1CCNCC1.